The fraction of sp³-hybridized carbons (Fsp3) is 0.316. The van der Waals surface area contributed by atoms with Crippen molar-refractivity contribution in [2.75, 3.05) is 18.0 Å². The summed E-state index contributed by atoms with van der Waals surface area (Å²) in [5.74, 6) is 0.324. The van der Waals surface area contributed by atoms with Crippen LogP contribution >= 0.6 is 11.8 Å². The van der Waals surface area contributed by atoms with E-state index in [4.69, 9.17) is 0 Å². The first-order chi connectivity index (χ1) is 11.3. The van der Waals surface area contributed by atoms with Crippen LogP contribution in [0.25, 0.3) is 0 Å². The van der Waals surface area contributed by atoms with Gasteiger partial charge in [-0.3, -0.25) is 4.79 Å². The summed E-state index contributed by atoms with van der Waals surface area (Å²) in [6.07, 6.45) is 2.74. The van der Waals surface area contributed by atoms with Crippen LogP contribution < -0.4 is 4.90 Å². The largest absolute Gasteiger partial charge is 0.339 e. The van der Waals surface area contributed by atoms with Crippen molar-refractivity contribution in [3.63, 3.8) is 0 Å². The highest BCUT2D eigenvalue weighted by molar-refractivity contribution is 7.99. The van der Waals surface area contributed by atoms with Crippen molar-refractivity contribution in [2.24, 2.45) is 0 Å². The Bertz CT molecular complexity index is 804. The summed E-state index contributed by atoms with van der Waals surface area (Å²) in [6, 6.07) is 15.5. The van der Waals surface area contributed by atoms with Crippen molar-refractivity contribution < 1.29 is 4.79 Å². The summed E-state index contributed by atoms with van der Waals surface area (Å²) in [6.45, 7) is 1.90. The van der Waals surface area contributed by atoms with Gasteiger partial charge in [0, 0.05) is 29.3 Å². The zero-order chi connectivity index (χ0) is 15.4. The van der Waals surface area contributed by atoms with Crippen LogP contribution in [0.5, 0.6) is 0 Å². The second-order valence-corrected chi connectivity index (χ2v) is 7.49. The van der Waals surface area contributed by atoms with Crippen LogP contribution in [0.15, 0.2) is 52.3 Å². The Morgan fingerprint density at radius 1 is 1.00 bits per heavy atom. The summed E-state index contributed by atoms with van der Waals surface area (Å²) in [4.78, 5) is 19.4. The van der Waals surface area contributed by atoms with Gasteiger partial charge in [0.25, 0.3) is 0 Å². The van der Waals surface area contributed by atoms with Crippen LogP contribution in [0.2, 0.25) is 0 Å². The van der Waals surface area contributed by atoms with Gasteiger partial charge in [0.05, 0.1) is 17.4 Å². The van der Waals surface area contributed by atoms with E-state index in [1.807, 2.05) is 11.8 Å². The van der Waals surface area contributed by atoms with Crippen LogP contribution in [0.4, 0.5) is 11.4 Å². The lowest BCUT2D eigenvalue weighted by Gasteiger charge is -2.42. The molecule has 1 amide bonds. The van der Waals surface area contributed by atoms with Crippen LogP contribution in [0, 0.1) is 0 Å². The maximum Gasteiger partial charge on any atom is 0.223 e. The summed E-state index contributed by atoms with van der Waals surface area (Å²) >= 11 is 1.85. The molecule has 0 bridgehead atoms. The quantitative estimate of drug-likeness (QED) is 0.779. The van der Waals surface area contributed by atoms with Gasteiger partial charge >= 0.3 is 0 Å². The van der Waals surface area contributed by atoms with Crippen molar-refractivity contribution in [3.05, 3.63) is 48.0 Å². The Morgan fingerprint density at radius 2 is 1.87 bits per heavy atom. The van der Waals surface area contributed by atoms with E-state index in [9.17, 15) is 4.79 Å². The molecule has 116 valence electrons. The lowest BCUT2D eigenvalue weighted by molar-refractivity contribution is -0.129. The van der Waals surface area contributed by atoms with Crippen molar-refractivity contribution in [3.8, 4) is 0 Å². The number of rotatable bonds is 1. The molecule has 4 heteroatoms. The topological polar surface area (TPSA) is 23.6 Å². The molecule has 1 fully saturated rings. The number of carbonyl (C=O) groups is 1. The first-order valence-electron chi connectivity index (χ1n) is 8.30. The zero-order valence-electron chi connectivity index (χ0n) is 12.9. The van der Waals surface area contributed by atoms with Gasteiger partial charge in [-0.05, 0) is 36.6 Å². The predicted molar refractivity (Wildman–Crippen MR) is 92.3 cm³/mol. The second kappa shape index (κ2) is 5.03. The van der Waals surface area contributed by atoms with E-state index in [2.05, 4.69) is 52.3 Å². The van der Waals surface area contributed by atoms with Gasteiger partial charge in [0.15, 0.2) is 0 Å². The lowest BCUT2D eigenvalue weighted by atomic mass is 9.94. The molecule has 5 rings (SSSR count). The first-order valence-corrected chi connectivity index (χ1v) is 9.11. The molecule has 0 saturated carbocycles. The molecule has 0 aromatic heterocycles. The molecule has 3 aliphatic rings. The molecule has 0 N–H and O–H groups in total. The van der Waals surface area contributed by atoms with E-state index in [0.717, 1.165) is 25.9 Å². The third-order valence-electron chi connectivity index (χ3n) is 5.15. The molecule has 1 atom stereocenters. The van der Waals surface area contributed by atoms with E-state index in [0.29, 0.717) is 12.3 Å². The highest BCUT2D eigenvalue weighted by atomic mass is 32.2. The van der Waals surface area contributed by atoms with E-state index in [1.54, 1.807) is 0 Å². The van der Waals surface area contributed by atoms with E-state index >= 15 is 0 Å². The van der Waals surface area contributed by atoms with Gasteiger partial charge in [-0.15, -0.1) is 0 Å². The van der Waals surface area contributed by atoms with E-state index in [-0.39, 0.29) is 6.04 Å². The SMILES string of the molecule is O=C1CCCN1[C@@H]1CCN2c3ccccc3Sc3cccc1c32. The molecule has 2 aromatic rings. The number of likely N-dealkylation sites (tertiary alicyclic amines) is 1. The molecular weight excluding hydrogens is 304 g/mol. The zero-order valence-corrected chi connectivity index (χ0v) is 13.7. The maximum absolute atomic E-state index is 12.2. The minimum atomic E-state index is 0.252. The third-order valence-corrected chi connectivity index (χ3v) is 6.26. The highest BCUT2D eigenvalue weighted by Gasteiger charge is 2.37. The van der Waals surface area contributed by atoms with Gasteiger partial charge < -0.3 is 9.80 Å². The Balaban J connectivity index is 1.64. The normalized spacial score (nSPS) is 22.1. The molecule has 0 aliphatic carbocycles. The predicted octanol–water partition coefficient (Wildman–Crippen LogP) is 4.36. The van der Waals surface area contributed by atoms with Gasteiger partial charge in [-0.25, -0.2) is 0 Å². The van der Waals surface area contributed by atoms with Gasteiger partial charge in [0.2, 0.25) is 5.91 Å². The van der Waals surface area contributed by atoms with E-state index < -0.39 is 0 Å². The Labute approximate surface area is 140 Å². The lowest BCUT2D eigenvalue weighted by Crippen LogP contribution is -2.38. The smallest absolute Gasteiger partial charge is 0.223 e. The molecule has 1 saturated heterocycles. The van der Waals surface area contributed by atoms with Crippen LogP contribution in [0.3, 0.4) is 0 Å². The summed E-state index contributed by atoms with van der Waals surface area (Å²) in [5.41, 5.74) is 3.96. The molecule has 23 heavy (non-hydrogen) atoms. The average Bonchev–Trinajstić information content (AvgIpc) is 3.01. The molecular formula is C19H18N2OS. The number of hydrogen-bond donors (Lipinski definition) is 0. The molecule has 3 aliphatic heterocycles. The fourth-order valence-electron chi connectivity index (χ4n) is 4.15. The number of nitrogens with zero attached hydrogens (tertiary/aromatic N) is 2. The minimum absolute atomic E-state index is 0.252. The molecule has 3 heterocycles. The maximum atomic E-state index is 12.2. The molecule has 0 radical (unpaired) electrons. The van der Waals surface area contributed by atoms with Crippen LogP contribution in [-0.4, -0.2) is 23.9 Å². The average molecular weight is 322 g/mol. The number of hydrogen-bond acceptors (Lipinski definition) is 3. The van der Waals surface area contributed by atoms with Crippen molar-refractivity contribution in [1.82, 2.24) is 4.90 Å². The van der Waals surface area contributed by atoms with Gasteiger partial charge in [-0.2, -0.15) is 0 Å². The summed E-state index contributed by atoms with van der Waals surface area (Å²) in [5, 5.41) is 0. The van der Waals surface area contributed by atoms with E-state index in [1.165, 1.54) is 26.7 Å². The molecule has 0 spiro atoms. The number of fused-ring (bicyclic) bond motifs is 2. The van der Waals surface area contributed by atoms with Crippen LogP contribution in [0.1, 0.15) is 30.9 Å². The van der Waals surface area contributed by atoms with Crippen molar-refractivity contribution in [1.29, 1.82) is 0 Å². The summed E-state index contributed by atoms with van der Waals surface area (Å²) in [7, 11) is 0. The molecule has 0 unspecified atom stereocenters. The third kappa shape index (κ3) is 1.94. The van der Waals surface area contributed by atoms with Crippen molar-refractivity contribution >= 4 is 29.0 Å². The Hall–Kier alpha value is -1.94. The Morgan fingerprint density at radius 3 is 2.74 bits per heavy atom. The second-order valence-electron chi connectivity index (χ2n) is 6.41. The number of anilines is 2. The van der Waals surface area contributed by atoms with Gasteiger partial charge in [-0.1, -0.05) is 36.0 Å². The standard InChI is InChI=1S/C19H18N2OS/c22-18-9-4-11-20(18)14-10-12-21-15-6-1-2-7-16(15)23-17-8-3-5-13(14)19(17)21/h1-3,5-8,14H,4,9-12H2/t14-/m1/s1. The Kier molecular flexibility index (Phi) is 2.95. The monoisotopic (exact) mass is 322 g/mol. The minimum Gasteiger partial charge on any atom is -0.339 e. The number of carbonyl (C=O) groups excluding carboxylic acids is 1. The highest BCUT2D eigenvalue weighted by Crippen LogP contribution is 2.53. The van der Waals surface area contributed by atoms with Crippen molar-refractivity contribution in [2.45, 2.75) is 35.1 Å². The number of para-hydroxylation sites is 2. The fourth-order valence-corrected chi connectivity index (χ4v) is 5.28. The first kappa shape index (κ1) is 13.5. The molecule has 2 aromatic carbocycles. The number of amides is 1. The summed E-state index contributed by atoms with van der Waals surface area (Å²) < 4.78 is 0. The van der Waals surface area contributed by atoms with Gasteiger partial charge in [0.1, 0.15) is 0 Å². The molecule has 3 nitrogen and oxygen atoms in total. The van der Waals surface area contributed by atoms with Crippen LogP contribution in [-0.2, 0) is 4.79 Å². The number of benzene rings is 2.